The molecule has 0 saturated carbocycles. The third-order valence-corrected chi connectivity index (χ3v) is 5.58. The molecule has 33 heavy (non-hydrogen) atoms. The zero-order chi connectivity index (χ0) is 23.0. The summed E-state index contributed by atoms with van der Waals surface area (Å²) >= 11 is 1.28. The number of amides is 1. The zero-order valence-electron chi connectivity index (χ0n) is 17.8. The molecule has 1 heterocycles. The van der Waals surface area contributed by atoms with E-state index in [4.69, 9.17) is 4.74 Å². The van der Waals surface area contributed by atoms with Crippen LogP contribution in [0.2, 0.25) is 0 Å². The summed E-state index contributed by atoms with van der Waals surface area (Å²) in [5.74, 6) is 1.25. The predicted octanol–water partition coefficient (Wildman–Crippen LogP) is 2.68. The van der Waals surface area contributed by atoms with Crippen molar-refractivity contribution in [3.05, 3.63) is 84.4 Å². The molecule has 166 valence electrons. The molecule has 0 atom stereocenters. The molecule has 0 radical (unpaired) electrons. The van der Waals surface area contributed by atoms with E-state index in [1.165, 1.54) is 30.1 Å². The van der Waals surface area contributed by atoms with Gasteiger partial charge in [0.25, 0.3) is 11.7 Å². The van der Waals surface area contributed by atoms with Gasteiger partial charge in [0.15, 0.2) is 0 Å². The molecule has 9 heteroatoms. The van der Waals surface area contributed by atoms with Gasteiger partial charge < -0.3 is 9.84 Å². The number of thioether (sulfide) groups is 1. The number of methoxy groups -OCH3 is 1. The molecule has 0 bridgehead atoms. The van der Waals surface area contributed by atoms with Crippen LogP contribution in [0.25, 0.3) is 17.1 Å². The summed E-state index contributed by atoms with van der Waals surface area (Å²) < 4.78 is 7.21. The lowest BCUT2D eigenvalue weighted by molar-refractivity contribution is -0.625. The fraction of sp³-hybridized carbons (Fsp3) is 0.0833. The number of carbonyl (C=O) groups excluding carboxylic acids is 1. The average molecular weight is 460 g/mol. The lowest BCUT2D eigenvalue weighted by atomic mass is 10.2. The molecule has 1 aromatic heterocycles. The predicted molar refractivity (Wildman–Crippen MR) is 124 cm³/mol. The van der Waals surface area contributed by atoms with Gasteiger partial charge in [-0.2, -0.15) is 9.67 Å². The Labute approximate surface area is 194 Å². The molecule has 4 aromatic rings. The van der Waals surface area contributed by atoms with Crippen molar-refractivity contribution < 1.29 is 19.2 Å². The Morgan fingerprint density at radius 3 is 2.67 bits per heavy atom. The normalized spacial score (nSPS) is 10.9. The van der Waals surface area contributed by atoms with Crippen LogP contribution < -0.4 is 19.8 Å². The first-order valence-electron chi connectivity index (χ1n) is 10.1. The van der Waals surface area contributed by atoms with Crippen molar-refractivity contribution in [3.63, 3.8) is 0 Å². The van der Waals surface area contributed by atoms with Gasteiger partial charge >= 0.3 is 5.16 Å². The van der Waals surface area contributed by atoms with Gasteiger partial charge in [-0.3, -0.25) is 4.79 Å². The smallest absolute Gasteiger partial charge is 0.342 e. The maximum atomic E-state index is 12.3. The molecule has 0 unspecified atom stereocenters. The first-order chi connectivity index (χ1) is 16.1. The van der Waals surface area contributed by atoms with E-state index in [0.717, 1.165) is 22.8 Å². The molecule has 0 spiro atoms. The minimum Gasteiger partial charge on any atom is -0.872 e. The fourth-order valence-electron chi connectivity index (χ4n) is 3.09. The molecule has 0 saturated heterocycles. The van der Waals surface area contributed by atoms with Crippen LogP contribution in [-0.4, -0.2) is 35.2 Å². The van der Waals surface area contributed by atoms with Crippen LogP contribution in [0.5, 0.6) is 11.5 Å². The number of rotatable bonds is 8. The Balaban J connectivity index is 1.50. The van der Waals surface area contributed by atoms with Crippen LogP contribution in [0.1, 0.15) is 5.56 Å². The molecule has 0 aliphatic heterocycles. The minimum absolute atomic E-state index is 0.110. The number of aromatic nitrogens is 3. The lowest BCUT2D eigenvalue weighted by Gasteiger charge is -2.05. The van der Waals surface area contributed by atoms with Crippen molar-refractivity contribution in [2.75, 3.05) is 12.9 Å². The number of ether oxygens (including phenoxy) is 1. The number of hydrogen-bond donors (Lipinski definition) is 2. The van der Waals surface area contributed by atoms with E-state index in [1.54, 1.807) is 19.2 Å². The second-order valence-corrected chi connectivity index (χ2v) is 7.85. The number of aromatic amines is 1. The highest BCUT2D eigenvalue weighted by Crippen LogP contribution is 2.22. The number of nitrogens with zero attached hydrogens (tertiary/aromatic N) is 3. The molecule has 3 aromatic carbocycles. The van der Waals surface area contributed by atoms with Crippen LogP contribution in [0.4, 0.5) is 0 Å². The molecule has 0 aliphatic rings. The van der Waals surface area contributed by atoms with E-state index in [9.17, 15) is 9.90 Å². The molecular weight excluding hydrogens is 438 g/mol. The fourth-order valence-corrected chi connectivity index (χ4v) is 3.85. The third-order valence-electron chi connectivity index (χ3n) is 4.64. The van der Waals surface area contributed by atoms with E-state index >= 15 is 0 Å². The van der Waals surface area contributed by atoms with Gasteiger partial charge in [0, 0.05) is 0 Å². The highest BCUT2D eigenvalue weighted by Gasteiger charge is 2.24. The van der Waals surface area contributed by atoms with Crippen LogP contribution in [0, 0.1) is 0 Å². The number of para-hydroxylation sites is 1. The topological polar surface area (TPSA) is 106 Å². The van der Waals surface area contributed by atoms with Crippen molar-refractivity contribution in [1.29, 1.82) is 0 Å². The molecule has 1 amide bonds. The lowest BCUT2D eigenvalue weighted by Crippen LogP contribution is -2.34. The number of hydrogen-bond acceptors (Lipinski definition) is 6. The highest BCUT2D eigenvalue weighted by atomic mass is 32.2. The minimum atomic E-state index is -0.289. The van der Waals surface area contributed by atoms with E-state index in [2.05, 4.69) is 20.7 Å². The summed E-state index contributed by atoms with van der Waals surface area (Å²) in [6.45, 7) is 0. The average Bonchev–Trinajstić information content (AvgIpc) is 3.27. The van der Waals surface area contributed by atoms with E-state index in [1.807, 2.05) is 59.2 Å². The quantitative estimate of drug-likeness (QED) is 0.182. The number of hydrazone groups is 1. The summed E-state index contributed by atoms with van der Waals surface area (Å²) in [7, 11) is 1.63. The van der Waals surface area contributed by atoms with Crippen molar-refractivity contribution in [1.82, 2.24) is 15.6 Å². The molecule has 0 fully saturated rings. The Bertz CT molecular complexity index is 1260. The standard InChI is InChI=1S/C24H21N5O3S/c1-32-21-12-10-18(11-13-21)23-27-28-24(29(23)19-7-3-2-4-8-19)33-16-22(31)26-25-15-17-6-5-9-20(30)14-17/h2-15H,16H2,1H3,(H2,26,30,31). The van der Waals surface area contributed by atoms with Crippen LogP contribution >= 0.6 is 11.8 Å². The van der Waals surface area contributed by atoms with Crippen molar-refractivity contribution in [2.45, 2.75) is 5.16 Å². The molecule has 8 nitrogen and oxygen atoms in total. The highest BCUT2D eigenvalue weighted by molar-refractivity contribution is 7.99. The summed E-state index contributed by atoms with van der Waals surface area (Å²) in [6.07, 6.45) is 1.43. The van der Waals surface area contributed by atoms with Gasteiger partial charge in [-0.15, -0.1) is 10.8 Å². The molecule has 2 N–H and O–H groups in total. The first-order valence-corrected chi connectivity index (χ1v) is 11.0. The SMILES string of the molecule is COc1ccc(-c2[nH]nc(SCC(=O)NN=Cc3cccc([O-])c3)[n+]2-c2ccccc2)cc1. The number of carbonyl (C=O) groups is 1. The number of benzene rings is 3. The van der Waals surface area contributed by atoms with Gasteiger partial charge in [0.2, 0.25) is 0 Å². The summed E-state index contributed by atoms with van der Waals surface area (Å²) in [6, 6.07) is 23.7. The van der Waals surface area contributed by atoms with Gasteiger partial charge in [0.1, 0.15) is 11.4 Å². The Morgan fingerprint density at radius 1 is 1.15 bits per heavy atom. The second-order valence-electron chi connectivity index (χ2n) is 6.91. The van der Waals surface area contributed by atoms with Crippen LogP contribution in [0.3, 0.4) is 0 Å². The second kappa shape index (κ2) is 10.5. The summed E-state index contributed by atoms with van der Waals surface area (Å²) in [4.78, 5) is 12.3. The van der Waals surface area contributed by atoms with E-state index in [-0.39, 0.29) is 17.4 Å². The van der Waals surface area contributed by atoms with Crippen LogP contribution in [0.15, 0.2) is 89.1 Å². The molecule has 4 rings (SSSR count). The maximum Gasteiger partial charge on any atom is 0.342 e. The summed E-state index contributed by atoms with van der Waals surface area (Å²) in [5, 5.41) is 23.4. The zero-order valence-corrected chi connectivity index (χ0v) is 18.6. The van der Waals surface area contributed by atoms with Gasteiger partial charge in [-0.1, -0.05) is 42.5 Å². The van der Waals surface area contributed by atoms with Crippen molar-refractivity contribution in [3.8, 4) is 28.6 Å². The monoisotopic (exact) mass is 459 g/mol. The van der Waals surface area contributed by atoms with Crippen LogP contribution in [-0.2, 0) is 4.79 Å². The molecular formula is C24H21N5O3S. The van der Waals surface area contributed by atoms with Crippen molar-refractivity contribution in [2.24, 2.45) is 5.10 Å². The van der Waals surface area contributed by atoms with E-state index in [0.29, 0.717) is 10.7 Å². The first kappa shape index (κ1) is 22.1. The number of nitrogens with one attached hydrogen (secondary N) is 2. The van der Waals surface area contributed by atoms with Gasteiger partial charge in [-0.05, 0) is 53.7 Å². The maximum absolute atomic E-state index is 12.3. The van der Waals surface area contributed by atoms with Gasteiger partial charge in [0.05, 0.1) is 29.7 Å². The Hall–Kier alpha value is -4.11. The van der Waals surface area contributed by atoms with E-state index < -0.39 is 0 Å². The summed E-state index contributed by atoms with van der Waals surface area (Å²) in [5.41, 5.74) is 4.93. The molecule has 0 aliphatic carbocycles. The Kier molecular flexibility index (Phi) is 7.01. The van der Waals surface area contributed by atoms with Gasteiger partial charge in [-0.25, -0.2) is 5.43 Å². The number of H-pyrrole nitrogens is 1. The largest absolute Gasteiger partial charge is 0.872 e. The van der Waals surface area contributed by atoms with Crippen molar-refractivity contribution >= 4 is 23.9 Å². The third kappa shape index (κ3) is 5.58. The Morgan fingerprint density at radius 2 is 1.94 bits per heavy atom.